The second-order valence-corrected chi connectivity index (χ2v) is 3.68. The van der Waals surface area contributed by atoms with Gasteiger partial charge in [0.15, 0.2) is 0 Å². The lowest BCUT2D eigenvalue weighted by Gasteiger charge is -2.03. The number of carbonyl (C=O) groups excluding carboxylic acids is 1. The first-order valence-electron chi connectivity index (χ1n) is 4.97. The first-order chi connectivity index (χ1) is 7.61. The van der Waals surface area contributed by atoms with Gasteiger partial charge in [0.2, 0.25) is 0 Å². The van der Waals surface area contributed by atoms with Gasteiger partial charge in [-0.3, -0.25) is 9.59 Å². The minimum absolute atomic E-state index is 0.236. The molecule has 1 amide bonds. The molecule has 0 aliphatic carbocycles. The fourth-order valence-electron chi connectivity index (χ4n) is 1.63. The summed E-state index contributed by atoms with van der Waals surface area (Å²) in [6.45, 7) is 1.92. The minimum Gasteiger partial charge on any atom is -0.354 e. The fourth-order valence-corrected chi connectivity index (χ4v) is 1.63. The van der Waals surface area contributed by atoms with Gasteiger partial charge >= 0.3 is 0 Å². The van der Waals surface area contributed by atoms with Crippen LogP contribution in [0.3, 0.4) is 0 Å². The third kappa shape index (κ3) is 1.69. The number of aromatic nitrogens is 1. The molecule has 0 saturated carbocycles. The van der Waals surface area contributed by atoms with Crippen LogP contribution in [0.2, 0.25) is 0 Å². The van der Waals surface area contributed by atoms with Crippen molar-refractivity contribution in [3.8, 4) is 0 Å². The normalized spacial score (nSPS) is 10.4. The van der Waals surface area contributed by atoms with E-state index >= 15 is 0 Å². The zero-order valence-electron chi connectivity index (χ0n) is 9.13. The molecule has 16 heavy (non-hydrogen) atoms. The quantitative estimate of drug-likeness (QED) is 0.752. The maximum Gasteiger partial charge on any atom is 0.267 e. The van der Waals surface area contributed by atoms with E-state index in [0.717, 1.165) is 10.9 Å². The van der Waals surface area contributed by atoms with E-state index in [1.165, 1.54) is 7.05 Å². The number of rotatable bonds is 1. The molecule has 2 N–H and O–H groups in total. The average molecular weight is 216 g/mol. The van der Waals surface area contributed by atoms with Gasteiger partial charge in [0.25, 0.3) is 11.5 Å². The van der Waals surface area contributed by atoms with Crippen molar-refractivity contribution in [1.82, 2.24) is 10.3 Å². The molecule has 4 heteroatoms. The monoisotopic (exact) mass is 216 g/mol. The van der Waals surface area contributed by atoms with Gasteiger partial charge in [0, 0.05) is 12.4 Å². The molecule has 0 atom stereocenters. The highest BCUT2D eigenvalue weighted by Crippen LogP contribution is 2.12. The highest BCUT2D eigenvalue weighted by atomic mass is 16.2. The molecule has 0 spiro atoms. The molecule has 0 aliphatic rings. The van der Waals surface area contributed by atoms with Crippen LogP contribution in [0.15, 0.2) is 29.1 Å². The Bertz CT molecular complexity index is 614. The molecule has 1 aromatic carbocycles. The summed E-state index contributed by atoms with van der Waals surface area (Å²) in [6.07, 6.45) is 0. The number of aromatic amines is 1. The molecular formula is C12H12N2O2. The number of pyridine rings is 1. The van der Waals surface area contributed by atoms with E-state index < -0.39 is 0 Å². The zero-order chi connectivity index (χ0) is 11.7. The Balaban J connectivity index is 2.73. The molecule has 4 nitrogen and oxygen atoms in total. The third-order valence-electron chi connectivity index (χ3n) is 2.47. The zero-order valence-corrected chi connectivity index (χ0v) is 9.13. The van der Waals surface area contributed by atoms with E-state index in [9.17, 15) is 9.59 Å². The van der Waals surface area contributed by atoms with Crippen molar-refractivity contribution in [1.29, 1.82) is 0 Å². The molecule has 0 aliphatic heterocycles. The van der Waals surface area contributed by atoms with Crippen LogP contribution < -0.4 is 10.9 Å². The van der Waals surface area contributed by atoms with Crippen molar-refractivity contribution >= 4 is 16.7 Å². The number of H-pyrrole nitrogens is 1. The molecule has 2 aromatic rings. The van der Waals surface area contributed by atoms with Crippen molar-refractivity contribution < 1.29 is 4.79 Å². The summed E-state index contributed by atoms with van der Waals surface area (Å²) in [4.78, 5) is 25.7. The van der Waals surface area contributed by atoms with Crippen LogP contribution in [0.4, 0.5) is 0 Å². The van der Waals surface area contributed by atoms with Gasteiger partial charge in [-0.1, -0.05) is 17.7 Å². The summed E-state index contributed by atoms with van der Waals surface area (Å²) in [5, 5.41) is 3.85. The summed E-state index contributed by atoms with van der Waals surface area (Å²) in [7, 11) is 1.53. The van der Waals surface area contributed by atoms with Crippen molar-refractivity contribution in [2.45, 2.75) is 6.92 Å². The summed E-state index contributed by atoms with van der Waals surface area (Å²) in [5.74, 6) is -0.292. The van der Waals surface area contributed by atoms with Gasteiger partial charge in [0.05, 0.1) is 0 Å². The summed E-state index contributed by atoms with van der Waals surface area (Å²) in [5.41, 5.74) is 1.06. The number of nitrogens with one attached hydrogen (secondary N) is 2. The van der Waals surface area contributed by atoms with Crippen molar-refractivity contribution in [3.63, 3.8) is 0 Å². The first kappa shape index (κ1) is 10.4. The minimum atomic E-state index is -0.292. The molecule has 1 aromatic heterocycles. The predicted octanol–water partition coefficient (Wildman–Crippen LogP) is 1.20. The number of fused-ring (bicyclic) bond motifs is 1. The van der Waals surface area contributed by atoms with Crippen molar-refractivity contribution in [2.75, 3.05) is 7.05 Å². The number of amides is 1. The molecular weight excluding hydrogens is 204 g/mol. The highest BCUT2D eigenvalue weighted by molar-refractivity contribution is 5.96. The van der Waals surface area contributed by atoms with Crippen LogP contribution in [-0.4, -0.2) is 17.9 Å². The van der Waals surface area contributed by atoms with E-state index in [1.54, 1.807) is 6.07 Å². The summed E-state index contributed by atoms with van der Waals surface area (Å²) < 4.78 is 0. The number of carbonyl (C=O) groups is 1. The maximum absolute atomic E-state index is 11.7. The van der Waals surface area contributed by atoms with E-state index in [1.807, 2.05) is 25.1 Å². The van der Waals surface area contributed by atoms with Gasteiger partial charge in [-0.15, -0.1) is 0 Å². The highest BCUT2D eigenvalue weighted by Gasteiger charge is 2.07. The molecule has 0 bridgehead atoms. The van der Waals surface area contributed by atoms with Crippen LogP contribution in [0.25, 0.3) is 10.8 Å². The van der Waals surface area contributed by atoms with Crippen LogP contribution in [-0.2, 0) is 0 Å². The molecule has 0 radical (unpaired) electrons. The smallest absolute Gasteiger partial charge is 0.267 e. The Morgan fingerprint density at radius 1 is 1.31 bits per heavy atom. The van der Waals surface area contributed by atoms with Crippen molar-refractivity contribution in [3.05, 3.63) is 45.9 Å². The standard InChI is InChI=1S/C12H12N2O2/c1-7-3-4-8-6-10(12(16)13-2)14-11(15)9(8)5-7/h3-6H,1-2H3,(H,13,16)(H,14,15). The van der Waals surface area contributed by atoms with Crippen LogP contribution in [0.1, 0.15) is 16.1 Å². The predicted molar refractivity (Wildman–Crippen MR) is 62.7 cm³/mol. The van der Waals surface area contributed by atoms with E-state index in [2.05, 4.69) is 10.3 Å². The largest absolute Gasteiger partial charge is 0.354 e. The van der Waals surface area contributed by atoms with E-state index in [0.29, 0.717) is 5.39 Å². The van der Waals surface area contributed by atoms with Gasteiger partial charge in [-0.2, -0.15) is 0 Å². The Labute approximate surface area is 92.3 Å². The van der Waals surface area contributed by atoms with Gasteiger partial charge in [-0.25, -0.2) is 0 Å². The SMILES string of the molecule is CNC(=O)c1cc2ccc(C)cc2c(=O)[nH]1. The summed E-state index contributed by atoms with van der Waals surface area (Å²) >= 11 is 0. The molecule has 2 rings (SSSR count). The number of hydrogen-bond donors (Lipinski definition) is 2. The molecule has 0 saturated heterocycles. The topological polar surface area (TPSA) is 62.0 Å². The number of hydrogen-bond acceptors (Lipinski definition) is 2. The van der Waals surface area contributed by atoms with Crippen LogP contribution >= 0.6 is 0 Å². The van der Waals surface area contributed by atoms with Gasteiger partial charge in [-0.05, 0) is 24.4 Å². The molecule has 0 fully saturated rings. The maximum atomic E-state index is 11.7. The molecule has 0 unspecified atom stereocenters. The lowest BCUT2D eigenvalue weighted by molar-refractivity contribution is 0.0958. The average Bonchev–Trinajstić information content (AvgIpc) is 2.28. The Morgan fingerprint density at radius 2 is 2.06 bits per heavy atom. The summed E-state index contributed by atoms with van der Waals surface area (Å²) in [6, 6.07) is 7.23. The van der Waals surface area contributed by atoms with Gasteiger partial charge in [0.1, 0.15) is 5.69 Å². The second-order valence-electron chi connectivity index (χ2n) is 3.68. The van der Waals surface area contributed by atoms with Crippen LogP contribution in [0.5, 0.6) is 0 Å². The third-order valence-corrected chi connectivity index (χ3v) is 2.47. The Morgan fingerprint density at radius 3 is 2.75 bits per heavy atom. The van der Waals surface area contributed by atoms with E-state index in [4.69, 9.17) is 0 Å². The first-order valence-corrected chi connectivity index (χ1v) is 4.97. The fraction of sp³-hybridized carbons (Fsp3) is 0.167. The Hall–Kier alpha value is -2.10. The van der Waals surface area contributed by atoms with Crippen molar-refractivity contribution in [2.24, 2.45) is 0 Å². The lowest BCUT2D eigenvalue weighted by atomic mass is 10.1. The lowest BCUT2D eigenvalue weighted by Crippen LogP contribution is -2.22. The van der Waals surface area contributed by atoms with E-state index in [-0.39, 0.29) is 17.2 Å². The van der Waals surface area contributed by atoms with Crippen LogP contribution in [0, 0.1) is 6.92 Å². The second kappa shape index (κ2) is 3.81. The van der Waals surface area contributed by atoms with Gasteiger partial charge < -0.3 is 10.3 Å². The number of benzene rings is 1. The number of aryl methyl sites for hydroxylation is 1. The molecule has 82 valence electrons. The molecule has 1 heterocycles. The Kier molecular flexibility index (Phi) is 2.48.